The highest BCUT2D eigenvalue weighted by Crippen LogP contribution is 2.22. The van der Waals surface area contributed by atoms with E-state index in [2.05, 4.69) is 15.7 Å². The lowest BCUT2D eigenvalue weighted by atomic mass is 10.1. The van der Waals surface area contributed by atoms with E-state index in [1.165, 1.54) is 11.3 Å². The standard InChI is InChI=1S/C18H20N4O2S2/c1-12-8-13(2)22(21-12)16(14-5-7-25-11-14)10-20-18(24)17(23)19-9-15-4-3-6-26-15/h3-8,11,16H,9-10H2,1-2H3,(H,19,23)(H,20,24)/t16-/m1/s1. The second-order valence-corrected chi connectivity index (χ2v) is 7.73. The maximum Gasteiger partial charge on any atom is 0.309 e. The first-order valence-corrected chi connectivity index (χ1v) is 10.00. The molecule has 0 fully saturated rings. The van der Waals surface area contributed by atoms with Crippen molar-refractivity contribution in [1.29, 1.82) is 0 Å². The Morgan fingerprint density at radius 3 is 2.62 bits per heavy atom. The Morgan fingerprint density at radius 1 is 1.19 bits per heavy atom. The molecular formula is C18H20N4O2S2. The summed E-state index contributed by atoms with van der Waals surface area (Å²) in [5.41, 5.74) is 2.98. The molecule has 3 heterocycles. The van der Waals surface area contributed by atoms with Crippen LogP contribution in [0.15, 0.2) is 40.4 Å². The molecule has 26 heavy (non-hydrogen) atoms. The highest BCUT2D eigenvalue weighted by molar-refractivity contribution is 7.09. The Balaban J connectivity index is 1.63. The van der Waals surface area contributed by atoms with E-state index in [0.29, 0.717) is 13.1 Å². The second kappa shape index (κ2) is 8.29. The summed E-state index contributed by atoms with van der Waals surface area (Å²) in [7, 11) is 0. The van der Waals surface area contributed by atoms with Gasteiger partial charge in [0.2, 0.25) is 0 Å². The van der Waals surface area contributed by atoms with Gasteiger partial charge in [-0.05, 0) is 53.8 Å². The minimum absolute atomic E-state index is 0.149. The average molecular weight is 389 g/mol. The summed E-state index contributed by atoms with van der Waals surface area (Å²) in [5.74, 6) is -1.26. The van der Waals surface area contributed by atoms with Gasteiger partial charge in [0.1, 0.15) is 0 Å². The third kappa shape index (κ3) is 4.39. The quantitative estimate of drug-likeness (QED) is 0.638. The fourth-order valence-electron chi connectivity index (χ4n) is 2.70. The highest BCUT2D eigenvalue weighted by Gasteiger charge is 2.21. The number of aromatic nitrogens is 2. The molecule has 0 bridgehead atoms. The van der Waals surface area contributed by atoms with Crippen molar-refractivity contribution < 1.29 is 9.59 Å². The van der Waals surface area contributed by atoms with Gasteiger partial charge in [0.15, 0.2) is 0 Å². The van der Waals surface area contributed by atoms with Gasteiger partial charge in [-0.2, -0.15) is 16.4 Å². The van der Waals surface area contributed by atoms with Crippen molar-refractivity contribution in [3.8, 4) is 0 Å². The molecule has 0 unspecified atom stereocenters. The fourth-order valence-corrected chi connectivity index (χ4v) is 4.05. The van der Waals surface area contributed by atoms with E-state index in [4.69, 9.17) is 0 Å². The Kier molecular flexibility index (Phi) is 5.85. The zero-order valence-corrected chi connectivity index (χ0v) is 16.2. The number of carbonyl (C=O) groups excluding carboxylic acids is 2. The largest absolute Gasteiger partial charge is 0.345 e. The molecule has 0 aromatic carbocycles. The van der Waals surface area contributed by atoms with Gasteiger partial charge in [0.25, 0.3) is 0 Å². The minimum atomic E-state index is -0.636. The Morgan fingerprint density at radius 2 is 2.00 bits per heavy atom. The molecule has 3 aromatic heterocycles. The predicted octanol–water partition coefficient (Wildman–Crippen LogP) is 2.64. The zero-order chi connectivity index (χ0) is 18.5. The summed E-state index contributed by atoms with van der Waals surface area (Å²) < 4.78 is 1.89. The minimum Gasteiger partial charge on any atom is -0.345 e. The molecule has 0 aliphatic rings. The van der Waals surface area contributed by atoms with E-state index in [1.807, 2.05) is 58.9 Å². The van der Waals surface area contributed by atoms with Crippen molar-refractivity contribution >= 4 is 34.5 Å². The molecule has 0 aliphatic carbocycles. The lowest BCUT2D eigenvalue weighted by Gasteiger charge is -2.19. The number of nitrogens with zero attached hydrogens (tertiary/aromatic N) is 2. The molecular weight excluding hydrogens is 368 g/mol. The van der Waals surface area contributed by atoms with Crippen molar-refractivity contribution in [3.05, 3.63) is 62.2 Å². The number of rotatable bonds is 6. The van der Waals surface area contributed by atoms with Crippen LogP contribution < -0.4 is 10.6 Å². The predicted molar refractivity (Wildman–Crippen MR) is 103 cm³/mol. The van der Waals surface area contributed by atoms with E-state index in [1.54, 1.807) is 11.3 Å². The summed E-state index contributed by atoms with van der Waals surface area (Å²) >= 11 is 3.13. The van der Waals surface area contributed by atoms with Crippen LogP contribution in [-0.4, -0.2) is 28.1 Å². The number of thiophene rings is 2. The molecule has 8 heteroatoms. The van der Waals surface area contributed by atoms with Crippen molar-refractivity contribution in [2.45, 2.75) is 26.4 Å². The van der Waals surface area contributed by atoms with Crippen LogP contribution in [0, 0.1) is 13.8 Å². The smallest absolute Gasteiger partial charge is 0.309 e. The van der Waals surface area contributed by atoms with Gasteiger partial charge in [-0.1, -0.05) is 6.07 Å². The van der Waals surface area contributed by atoms with E-state index >= 15 is 0 Å². The highest BCUT2D eigenvalue weighted by atomic mass is 32.1. The zero-order valence-electron chi connectivity index (χ0n) is 14.6. The van der Waals surface area contributed by atoms with Crippen LogP contribution in [0.5, 0.6) is 0 Å². The summed E-state index contributed by atoms with van der Waals surface area (Å²) in [6, 6.07) is 7.68. The lowest BCUT2D eigenvalue weighted by Crippen LogP contribution is -2.42. The van der Waals surface area contributed by atoms with Crippen LogP contribution in [0.3, 0.4) is 0 Å². The maximum atomic E-state index is 12.2. The number of nitrogens with one attached hydrogen (secondary N) is 2. The Hall–Kier alpha value is -2.45. The molecule has 2 amide bonds. The summed E-state index contributed by atoms with van der Waals surface area (Å²) in [6.07, 6.45) is 0. The summed E-state index contributed by atoms with van der Waals surface area (Å²) in [5, 5.41) is 15.9. The first-order chi connectivity index (χ1) is 12.5. The van der Waals surface area contributed by atoms with Gasteiger partial charge in [-0.25, -0.2) is 0 Å². The average Bonchev–Trinajstić information content (AvgIpc) is 3.36. The van der Waals surface area contributed by atoms with Crippen LogP contribution >= 0.6 is 22.7 Å². The number of carbonyl (C=O) groups is 2. The molecule has 0 saturated heterocycles. The molecule has 136 valence electrons. The summed E-state index contributed by atoms with van der Waals surface area (Å²) in [4.78, 5) is 25.2. The number of hydrogen-bond donors (Lipinski definition) is 2. The third-order valence-electron chi connectivity index (χ3n) is 3.93. The fraction of sp³-hybridized carbons (Fsp3) is 0.278. The van der Waals surface area contributed by atoms with Crippen LogP contribution in [0.1, 0.15) is 27.9 Å². The molecule has 0 aliphatic heterocycles. The first kappa shape index (κ1) is 18.3. The molecule has 0 spiro atoms. The molecule has 3 rings (SSSR count). The third-order valence-corrected chi connectivity index (χ3v) is 5.51. The first-order valence-electron chi connectivity index (χ1n) is 8.18. The van der Waals surface area contributed by atoms with Crippen molar-refractivity contribution in [2.75, 3.05) is 6.54 Å². The van der Waals surface area contributed by atoms with Gasteiger partial charge in [-0.3, -0.25) is 14.3 Å². The molecule has 6 nitrogen and oxygen atoms in total. The normalized spacial score (nSPS) is 11.9. The summed E-state index contributed by atoms with van der Waals surface area (Å²) in [6.45, 7) is 4.57. The van der Waals surface area contributed by atoms with E-state index < -0.39 is 11.8 Å². The molecule has 2 N–H and O–H groups in total. The Bertz CT molecular complexity index is 869. The molecule has 1 atom stereocenters. The molecule has 0 radical (unpaired) electrons. The van der Waals surface area contributed by atoms with Gasteiger partial charge >= 0.3 is 11.8 Å². The van der Waals surface area contributed by atoms with Gasteiger partial charge in [0, 0.05) is 17.1 Å². The molecule has 3 aromatic rings. The van der Waals surface area contributed by atoms with Crippen LogP contribution in [0.25, 0.3) is 0 Å². The van der Waals surface area contributed by atoms with E-state index in [9.17, 15) is 9.59 Å². The Labute approximate surface area is 159 Å². The van der Waals surface area contributed by atoms with Crippen molar-refractivity contribution in [1.82, 2.24) is 20.4 Å². The SMILES string of the molecule is Cc1cc(C)n([C@H](CNC(=O)C(=O)NCc2cccs2)c2ccsc2)n1. The van der Waals surface area contributed by atoms with Crippen LogP contribution in [0.4, 0.5) is 0 Å². The number of aryl methyl sites for hydroxylation is 2. The van der Waals surface area contributed by atoms with Crippen LogP contribution in [-0.2, 0) is 16.1 Å². The van der Waals surface area contributed by atoms with Crippen molar-refractivity contribution in [3.63, 3.8) is 0 Å². The second-order valence-electron chi connectivity index (χ2n) is 5.92. The molecule has 0 saturated carbocycles. The van der Waals surface area contributed by atoms with E-state index in [-0.39, 0.29) is 6.04 Å². The van der Waals surface area contributed by atoms with Gasteiger partial charge in [0.05, 0.1) is 18.3 Å². The van der Waals surface area contributed by atoms with Gasteiger partial charge < -0.3 is 10.6 Å². The lowest BCUT2D eigenvalue weighted by molar-refractivity contribution is -0.139. The van der Waals surface area contributed by atoms with Crippen LogP contribution in [0.2, 0.25) is 0 Å². The van der Waals surface area contributed by atoms with Crippen molar-refractivity contribution in [2.24, 2.45) is 0 Å². The number of amides is 2. The maximum absolute atomic E-state index is 12.2. The topological polar surface area (TPSA) is 76.0 Å². The van der Waals surface area contributed by atoms with Gasteiger partial charge in [-0.15, -0.1) is 11.3 Å². The number of hydrogen-bond acceptors (Lipinski definition) is 5. The van der Waals surface area contributed by atoms with E-state index in [0.717, 1.165) is 21.8 Å². The monoisotopic (exact) mass is 388 g/mol.